The number of alkyl carbamates (subject to hydrolysis) is 1. The molecular weight excluding hydrogens is 222 g/mol. The van der Waals surface area contributed by atoms with E-state index in [1.165, 1.54) is 0 Å². The summed E-state index contributed by atoms with van der Waals surface area (Å²) >= 11 is 5.40. The Hall–Kier alpha value is -0.970. The molecule has 0 saturated heterocycles. The fraction of sp³-hybridized carbons (Fsp3) is 0.778. The van der Waals surface area contributed by atoms with Crippen LogP contribution in [-0.4, -0.2) is 34.7 Å². The van der Waals surface area contributed by atoms with Gasteiger partial charge in [-0.25, -0.2) is 9.59 Å². The number of carbonyl (C=O) groups is 2. The number of carboxylic acid groups (broad SMARTS) is 1. The molecule has 0 spiro atoms. The molecule has 0 aromatic heterocycles. The van der Waals surface area contributed by atoms with Crippen molar-refractivity contribution in [2.45, 2.75) is 38.8 Å². The third-order valence-electron chi connectivity index (χ3n) is 1.39. The Morgan fingerprint density at radius 1 is 1.47 bits per heavy atom. The lowest BCUT2D eigenvalue weighted by Gasteiger charge is -2.21. The van der Waals surface area contributed by atoms with E-state index in [4.69, 9.17) is 21.4 Å². The van der Waals surface area contributed by atoms with Gasteiger partial charge in [-0.2, -0.15) is 0 Å². The summed E-state index contributed by atoms with van der Waals surface area (Å²) in [5.41, 5.74) is -0.645. The zero-order chi connectivity index (χ0) is 12.1. The second-order valence-electron chi connectivity index (χ2n) is 4.01. The van der Waals surface area contributed by atoms with Crippen molar-refractivity contribution in [3.05, 3.63) is 0 Å². The van der Waals surface area contributed by atoms with Crippen molar-refractivity contribution in [1.29, 1.82) is 0 Å². The molecule has 0 aliphatic rings. The van der Waals surface area contributed by atoms with E-state index in [-0.39, 0.29) is 12.3 Å². The van der Waals surface area contributed by atoms with Gasteiger partial charge in [-0.3, -0.25) is 0 Å². The van der Waals surface area contributed by atoms with Gasteiger partial charge in [-0.05, 0) is 27.2 Å². The van der Waals surface area contributed by atoms with Crippen molar-refractivity contribution >= 4 is 23.7 Å². The van der Waals surface area contributed by atoms with Crippen LogP contribution in [0.15, 0.2) is 0 Å². The lowest BCUT2D eigenvalue weighted by atomic mass is 10.2. The molecule has 88 valence electrons. The summed E-state index contributed by atoms with van der Waals surface area (Å²) in [6.45, 7) is 5.09. The van der Waals surface area contributed by atoms with E-state index in [2.05, 4.69) is 5.32 Å². The van der Waals surface area contributed by atoms with E-state index in [1.807, 2.05) is 0 Å². The molecule has 0 aromatic rings. The highest BCUT2D eigenvalue weighted by Crippen LogP contribution is 2.07. The van der Waals surface area contributed by atoms with Gasteiger partial charge in [-0.1, -0.05) is 0 Å². The number of carboxylic acids is 1. The van der Waals surface area contributed by atoms with E-state index >= 15 is 0 Å². The Morgan fingerprint density at radius 2 is 2.00 bits per heavy atom. The molecule has 0 aliphatic heterocycles. The van der Waals surface area contributed by atoms with Crippen LogP contribution in [0.2, 0.25) is 0 Å². The third-order valence-corrected chi connectivity index (χ3v) is 1.61. The quantitative estimate of drug-likeness (QED) is 0.728. The first-order chi connectivity index (χ1) is 6.76. The molecular formula is C9H16ClNO4. The SMILES string of the molecule is CC(C)(C)OC(=O)NC(CCCl)C(=O)O. The molecule has 0 bridgehead atoms. The van der Waals surface area contributed by atoms with Crippen LogP contribution in [0.3, 0.4) is 0 Å². The second kappa shape index (κ2) is 5.80. The van der Waals surface area contributed by atoms with Crippen LogP contribution in [0.25, 0.3) is 0 Å². The van der Waals surface area contributed by atoms with Gasteiger partial charge in [0.1, 0.15) is 11.6 Å². The minimum absolute atomic E-state index is 0.159. The van der Waals surface area contributed by atoms with Gasteiger partial charge >= 0.3 is 12.1 Å². The predicted octanol–water partition coefficient (Wildman–Crippen LogP) is 1.59. The highest BCUT2D eigenvalue weighted by atomic mass is 35.5. The van der Waals surface area contributed by atoms with Crippen LogP contribution in [-0.2, 0) is 9.53 Å². The lowest BCUT2D eigenvalue weighted by molar-refractivity contribution is -0.139. The summed E-state index contributed by atoms with van der Waals surface area (Å²) in [7, 11) is 0. The lowest BCUT2D eigenvalue weighted by Crippen LogP contribution is -2.43. The van der Waals surface area contributed by atoms with Crippen molar-refractivity contribution in [3.8, 4) is 0 Å². The van der Waals surface area contributed by atoms with Gasteiger partial charge in [0.15, 0.2) is 0 Å². The molecule has 0 fully saturated rings. The van der Waals surface area contributed by atoms with Crippen LogP contribution in [0.4, 0.5) is 4.79 Å². The van der Waals surface area contributed by atoms with Gasteiger partial charge in [0.2, 0.25) is 0 Å². The maximum Gasteiger partial charge on any atom is 0.408 e. The zero-order valence-corrected chi connectivity index (χ0v) is 9.80. The van der Waals surface area contributed by atoms with E-state index in [1.54, 1.807) is 20.8 Å². The minimum atomic E-state index is -1.12. The summed E-state index contributed by atoms with van der Waals surface area (Å²) < 4.78 is 4.91. The smallest absolute Gasteiger partial charge is 0.408 e. The molecule has 0 radical (unpaired) electrons. The molecule has 2 N–H and O–H groups in total. The molecule has 0 saturated carbocycles. The van der Waals surface area contributed by atoms with E-state index in [0.717, 1.165) is 0 Å². The molecule has 15 heavy (non-hydrogen) atoms. The zero-order valence-electron chi connectivity index (χ0n) is 9.04. The molecule has 0 aliphatic carbocycles. The van der Waals surface area contributed by atoms with Crippen molar-refractivity contribution in [3.63, 3.8) is 0 Å². The first-order valence-corrected chi connectivity index (χ1v) is 5.08. The summed E-state index contributed by atoms with van der Waals surface area (Å²) in [5, 5.41) is 11.0. The van der Waals surface area contributed by atoms with Crippen molar-refractivity contribution in [2.75, 3.05) is 5.88 Å². The van der Waals surface area contributed by atoms with E-state index in [0.29, 0.717) is 0 Å². The molecule has 1 amide bonds. The van der Waals surface area contributed by atoms with Crippen molar-refractivity contribution < 1.29 is 19.4 Å². The largest absolute Gasteiger partial charge is 0.480 e. The average molecular weight is 238 g/mol. The van der Waals surface area contributed by atoms with Crippen LogP contribution in [0.5, 0.6) is 0 Å². The predicted molar refractivity (Wildman–Crippen MR) is 56.1 cm³/mol. The number of hydrogen-bond donors (Lipinski definition) is 2. The monoisotopic (exact) mass is 237 g/mol. The van der Waals surface area contributed by atoms with Gasteiger partial charge in [0, 0.05) is 5.88 Å². The summed E-state index contributed by atoms with van der Waals surface area (Å²) in [6, 6.07) is -1.00. The van der Waals surface area contributed by atoms with Gasteiger partial charge < -0.3 is 15.2 Å². The Balaban J connectivity index is 4.18. The molecule has 0 rings (SSSR count). The number of rotatable bonds is 4. The van der Waals surface area contributed by atoms with Crippen LogP contribution >= 0.6 is 11.6 Å². The topological polar surface area (TPSA) is 75.6 Å². The summed E-state index contributed by atoms with van der Waals surface area (Å²) in [4.78, 5) is 21.9. The molecule has 5 nitrogen and oxygen atoms in total. The number of amides is 1. The number of alkyl halides is 1. The van der Waals surface area contributed by atoms with Gasteiger partial charge in [0.25, 0.3) is 0 Å². The Kier molecular flexibility index (Phi) is 5.43. The maximum absolute atomic E-state index is 11.2. The van der Waals surface area contributed by atoms with E-state index in [9.17, 15) is 9.59 Å². The summed E-state index contributed by atoms with van der Waals surface area (Å²) in [6.07, 6.45) is -0.587. The number of halogens is 1. The maximum atomic E-state index is 11.2. The highest BCUT2D eigenvalue weighted by Gasteiger charge is 2.23. The standard InChI is InChI=1S/C9H16ClNO4/c1-9(2,3)15-8(14)11-6(4-5-10)7(12)13/h6H,4-5H2,1-3H3,(H,11,14)(H,12,13). The van der Waals surface area contributed by atoms with Crippen molar-refractivity contribution in [2.24, 2.45) is 0 Å². The third kappa shape index (κ3) is 7.02. The minimum Gasteiger partial charge on any atom is -0.480 e. The number of hydrogen-bond acceptors (Lipinski definition) is 3. The second-order valence-corrected chi connectivity index (χ2v) is 4.39. The fourth-order valence-corrected chi connectivity index (χ4v) is 1.03. The Bertz CT molecular complexity index is 237. The van der Waals surface area contributed by atoms with Crippen LogP contribution < -0.4 is 5.32 Å². The number of aliphatic carboxylic acids is 1. The van der Waals surface area contributed by atoms with Crippen LogP contribution in [0, 0.1) is 0 Å². The first-order valence-electron chi connectivity index (χ1n) is 4.54. The molecule has 1 unspecified atom stereocenters. The first kappa shape index (κ1) is 14.0. The number of carbonyl (C=O) groups excluding carboxylic acids is 1. The number of nitrogens with one attached hydrogen (secondary N) is 1. The summed E-state index contributed by atoms with van der Waals surface area (Å²) in [5.74, 6) is -0.964. The molecule has 0 heterocycles. The molecule has 1 atom stereocenters. The van der Waals surface area contributed by atoms with Crippen molar-refractivity contribution in [1.82, 2.24) is 5.32 Å². The average Bonchev–Trinajstić information content (AvgIpc) is 1.99. The Morgan fingerprint density at radius 3 is 2.33 bits per heavy atom. The van der Waals surface area contributed by atoms with Gasteiger partial charge in [-0.15, -0.1) is 11.6 Å². The van der Waals surface area contributed by atoms with Crippen LogP contribution in [0.1, 0.15) is 27.2 Å². The molecule has 6 heteroatoms. The highest BCUT2D eigenvalue weighted by molar-refractivity contribution is 6.18. The fourth-order valence-electron chi connectivity index (χ4n) is 0.816. The normalized spacial score (nSPS) is 13.1. The number of ether oxygens (including phenoxy) is 1. The van der Waals surface area contributed by atoms with Gasteiger partial charge in [0.05, 0.1) is 0 Å². The molecule has 0 aromatic carbocycles. The van der Waals surface area contributed by atoms with E-state index < -0.39 is 23.7 Å². The Labute approximate surface area is 93.7 Å².